The zero-order valence-corrected chi connectivity index (χ0v) is 29.4. The van der Waals surface area contributed by atoms with Gasteiger partial charge in [0.2, 0.25) is 11.8 Å². The minimum Gasteiger partial charge on any atom is -0.350 e. The van der Waals surface area contributed by atoms with Gasteiger partial charge >= 0.3 is 0 Å². The first kappa shape index (κ1) is 41.4. The maximum Gasteiger partial charge on any atom is 0.220 e. The number of amides is 2. The van der Waals surface area contributed by atoms with Gasteiger partial charge < -0.3 is 15.1 Å². The van der Waals surface area contributed by atoms with Crippen molar-refractivity contribution >= 4 is 11.8 Å². The van der Waals surface area contributed by atoms with Gasteiger partial charge in [-0.2, -0.15) is 0 Å². The second-order valence-electron chi connectivity index (χ2n) is 13.3. The van der Waals surface area contributed by atoms with Crippen molar-refractivity contribution in [3.05, 3.63) is 24.3 Å². The molecule has 0 aliphatic rings. The predicted octanol–water partition coefficient (Wildman–Crippen LogP) is 9.81. The van der Waals surface area contributed by atoms with E-state index in [-0.39, 0.29) is 11.8 Å². The predicted molar refractivity (Wildman–Crippen MR) is 188 cm³/mol. The van der Waals surface area contributed by atoms with E-state index in [1.165, 1.54) is 116 Å². The molecule has 0 saturated heterocycles. The van der Waals surface area contributed by atoms with Gasteiger partial charge in [0.25, 0.3) is 0 Å². The summed E-state index contributed by atoms with van der Waals surface area (Å²) in [5, 5.41) is 6.19. The molecule has 2 amide bonds. The van der Waals surface area contributed by atoms with Crippen LogP contribution < -0.4 is 10.6 Å². The number of hydrogen-bond donors (Lipinski definition) is 2. The molecule has 5 heteroatoms. The molecule has 0 saturated carbocycles. The number of nitrogens with zero attached hydrogens (tertiary/aromatic N) is 1. The average molecular weight is 605 g/mol. The van der Waals surface area contributed by atoms with Crippen LogP contribution >= 0.6 is 0 Å². The van der Waals surface area contributed by atoms with Crippen molar-refractivity contribution in [3.8, 4) is 0 Å². The van der Waals surface area contributed by atoms with E-state index in [1.54, 1.807) is 0 Å². The number of nitrogens with one attached hydrogen (secondary N) is 2. The van der Waals surface area contributed by atoms with Gasteiger partial charge in [-0.3, -0.25) is 9.59 Å². The summed E-state index contributed by atoms with van der Waals surface area (Å²) in [7, 11) is 4.34. The van der Waals surface area contributed by atoms with Crippen LogP contribution in [0.1, 0.15) is 168 Å². The smallest absolute Gasteiger partial charge is 0.220 e. The van der Waals surface area contributed by atoms with E-state index in [1.807, 2.05) is 0 Å². The van der Waals surface area contributed by atoms with Crippen LogP contribution in [-0.2, 0) is 9.59 Å². The number of unbranched alkanes of at least 4 members (excludes halogenated alkanes) is 18. The molecule has 43 heavy (non-hydrogen) atoms. The molecule has 0 bridgehead atoms. The van der Waals surface area contributed by atoms with Crippen LogP contribution in [0.15, 0.2) is 24.3 Å². The van der Waals surface area contributed by atoms with Crippen LogP contribution in [0.3, 0.4) is 0 Å². The lowest BCUT2D eigenvalue weighted by molar-refractivity contribution is -0.887. The fourth-order valence-electron chi connectivity index (χ4n) is 5.29. The Kier molecular flexibility index (Phi) is 30.6. The highest BCUT2D eigenvalue weighted by Gasteiger charge is 2.15. The van der Waals surface area contributed by atoms with Crippen LogP contribution in [-0.4, -0.2) is 56.6 Å². The number of carbonyl (C=O) groups is 2. The summed E-state index contributed by atoms with van der Waals surface area (Å²) in [6.45, 7) is 7.66. The first-order valence-corrected chi connectivity index (χ1v) is 18.6. The molecule has 0 atom stereocenters. The van der Waals surface area contributed by atoms with Gasteiger partial charge in [-0.05, 0) is 64.2 Å². The molecule has 0 aromatic rings. The summed E-state index contributed by atoms with van der Waals surface area (Å²) in [6, 6.07) is 0. The summed E-state index contributed by atoms with van der Waals surface area (Å²) >= 11 is 0. The van der Waals surface area contributed by atoms with Gasteiger partial charge in [-0.15, -0.1) is 0 Å². The molecule has 0 radical (unpaired) electrons. The molecule has 0 aromatic carbocycles. The maximum absolute atomic E-state index is 12.2. The molecule has 0 unspecified atom stereocenters. The normalized spacial score (nSPS) is 12.0. The van der Waals surface area contributed by atoms with Crippen LogP contribution in [0.2, 0.25) is 0 Å². The highest BCUT2D eigenvalue weighted by atomic mass is 16.2. The Labute approximate surface area is 268 Å². The van der Waals surface area contributed by atoms with Crippen molar-refractivity contribution < 1.29 is 14.1 Å². The van der Waals surface area contributed by atoms with Crippen molar-refractivity contribution in [1.82, 2.24) is 10.6 Å². The molecule has 0 fully saturated rings. The molecule has 0 aromatic heterocycles. The van der Waals surface area contributed by atoms with Crippen LogP contribution in [0.25, 0.3) is 0 Å². The topological polar surface area (TPSA) is 58.2 Å². The van der Waals surface area contributed by atoms with Gasteiger partial charge in [0, 0.05) is 12.8 Å². The lowest BCUT2D eigenvalue weighted by atomic mass is 10.1. The summed E-state index contributed by atoms with van der Waals surface area (Å²) in [5.41, 5.74) is 0. The monoisotopic (exact) mass is 605 g/mol. The van der Waals surface area contributed by atoms with E-state index in [0.717, 1.165) is 43.3 Å². The van der Waals surface area contributed by atoms with Crippen molar-refractivity contribution in [2.45, 2.75) is 168 Å². The molecule has 0 aliphatic heterocycles. The Hall–Kier alpha value is -1.62. The van der Waals surface area contributed by atoms with Crippen molar-refractivity contribution in [3.63, 3.8) is 0 Å². The lowest BCUT2D eigenvalue weighted by Crippen LogP contribution is -2.49. The molecule has 0 aliphatic carbocycles. The average Bonchev–Trinajstić information content (AvgIpc) is 2.97. The lowest BCUT2D eigenvalue weighted by Gasteiger charge is -2.30. The maximum atomic E-state index is 12.2. The molecule has 0 spiro atoms. The van der Waals surface area contributed by atoms with Gasteiger partial charge in [0.1, 0.15) is 0 Å². The summed E-state index contributed by atoms with van der Waals surface area (Å²) in [6.07, 6.45) is 38.1. The van der Waals surface area contributed by atoms with Crippen LogP contribution in [0.5, 0.6) is 0 Å². The first-order chi connectivity index (χ1) is 20.9. The Morgan fingerprint density at radius 1 is 0.465 bits per heavy atom. The zero-order valence-electron chi connectivity index (χ0n) is 29.4. The summed E-state index contributed by atoms with van der Waals surface area (Å²) < 4.78 is 0.793. The Morgan fingerprint density at radius 3 is 1.12 bits per heavy atom. The van der Waals surface area contributed by atoms with Gasteiger partial charge in [0.05, 0.1) is 40.3 Å². The molecule has 5 nitrogen and oxygen atoms in total. The van der Waals surface area contributed by atoms with Crippen molar-refractivity contribution in [1.29, 1.82) is 0 Å². The molecular formula is C38H74N3O2+. The second kappa shape index (κ2) is 31.8. The van der Waals surface area contributed by atoms with E-state index in [9.17, 15) is 9.59 Å². The summed E-state index contributed by atoms with van der Waals surface area (Å²) in [5.74, 6) is 0.349. The van der Waals surface area contributed by atoms with E-state index in [0.29, 0.717) is 25.9 Å². The highest BCUT2D eigenvalue weighted by Crippen LogP contribution is 2.10. The third-order valence-corrected chi connectivity index (χ3v) is 8.41. The van der Waals surface area contributed by atoms with E-state index in [4.69, 9.17) is 0 Å². The van der Waals surface area contributed by atoms with Crippen LogP contribution in [0, 0.1) is 0 Å². The zero-order chi connectivity index (χ0) is 31.7. The Bertz CT molecular complexity index is 631. The fraction of sp³-hybridized carbons (Fsp3) is 0.842. The van der Waals surface area contributed by atoms with Crippen molar-refractivity contribution in [2.75, 3.05) is 40.3 Å². The SMILES string of the molecule is CCCCCC/C=C\CCCCCCCC(=O)NCC[N+](C)(C)CCNC(=O)CCCCCCC/C=C\CCCCCC. The van der Waals surface area contributed by atoms with E-state index in [2.05, 4.69) is 62.9 Å². The number of carbonyl (C=O) groups excluding carboxylic acids is 2. The minimum absolute atomic E-state index is 0.175. The van der Waals surface area contributed by atoms with Crippen LogP contribution in [0.4, 0.5) is 0 Å². The first-order valence-electron chi connectivity index (χ1n) is 18.6. The summed E-state index contributed by atoms with van der Waals surface area (Å²) in [4.78, 5) is 24.4. The van der Waals surface area contributed by atoms with Crippen molar-refractivity contribution in [2.24, 2.45) is 0 Å². The number of likely N-dealkylation sites (N-methyl/N-ethyl adjacent to an activating group) is 1. The van der Waals surface area contributed by atoms with Gasteiger partial charge in [-0.25, -0.2) is 0 Å². The number of rotatable bonds is 32. The molecular weight excluding hydrogens is 530 g/mol. The molecule has 2 N–H and O–H groups in total. The number of hydrogen-bond acceptors (Lipinski definition) is 2. The fourth-order valence-corrected chi connectivity index (χ4v) is 5.29. The largest absolute Gasteiger partial charge is 0.350 e. The van der Waals surface area contributed by atoms with E-state index < -0.39 is 0 Å². The second-order valence-corrected chi connectivity index (χ2v) is 13.3. The number of quaternary nitrogens is 1. The minimum atomic E-state index is 0.175. The quantitative estimate of drug-likeness (QED) is 0.0456. The Morgan fingerprint density at radius 2 is 0.767 bits per heavy atom. The van der Waals surface area contributed by atoms with E-state index >= 15 is 0 Å². The van der Waals surface area contributed by atoms with Gasteiger partial charge in [0.15, 0.2) is 0 Å². The number of allylic oxidation sites excluding steroid dienone is 4. The molecule has 0 heterocycles. The highest BCUT2D eigenvalue weighted by molar-refractivity contribution is 5.76. The van der Waals surface area contributed by atoms with Gasteiger partial charge in [-0.1, -0.05) is 115 Å². The molecule has 0 rings (SSSR count). The Balaban J connectivity index is 3.57. The standard InChI is InChI=1S/C38H73N3O2/c1-5-7-9-11-13-15-17-19-21-23-25-27-29-31-37(42)39-33-35-41(3,4)36-34-40-38(43)32-30-28-26-24-22-20-18-16-14-12-10-8-6-2/h15-18H,5-14,19-36H2,1-4H3,(H-,39,40,42,43)/p+1/b17-15-,18-16-. The third-order valence-electron chi connectivity index (χ3n) is 8.41. The third kappa shape index (κ3) is 33.1. The molecule has 252 valence electrons.